The predicted octanol–water partition coefficient (Wildman–Crippen LogP) is 3.32. The molecule has 3 aliphatic heterocycles. The van der Waals surface area contributed by atoms with Gasteiger partial charge in [-0.2, -0.15) is 0 Å². The molecular weight excluding hydrogens is 526 g/mol. The van der Waals surface area contributed by atoms with Crippen LogP contribution in [0.5, 0.6) is 0 Å². The number of nitrogens with zero attached hydrogens (tertiary/aromatic N) is 3. The third-order valence-electron chi connectivity index (χ3n) is 8.09. The van der Waals surface area contributed by atoms with E-state index in [-0.39, 0.29) is 53.8 Å². The zero-order valence-corrected chi connectivity index (χ0v) is 22.0. The summed E-state index contributed by atoms with van der Waals surface area (Å²) in [4.78, 5) is 71.3. The molecule has 0 spiro atoms. The second kappa shape index (κ2) is 8.95. The van der Waals surface area contributed by atoms with Crippen LogP contribution in [0.25, 0.3) is 22.3 Å². The molecule has 0 aliphatic carbocycles. The summed E-state index contributed by atoms with van der Waals surface area (Å²) in [5, 5.41) is 0.949. The van der Waals surface area contributed by atoms with Gasteiger partial charge in [-0.15, -0.1) is 0 Å². The van der Waals surface area contributed by atoms with E-state index in [2.05, 4.69) is 0 Å². The second-order valence-corrected chi connectivity index (χ2v) is 10.3. The van der Waals surface area contributed by atoms with Crippen LogP contribution in [-0.4, -0.2) is 44.7 Å². The third-order valence-corrected chi connectivity index (χ3v) is 8.09. The van der Waals surface area contributed by atoms with Crippen molar-refractivity contribution < 1.29 is 28.7 Å². The maximum absolute atomic E-state index is 13.7. The lowest BCUT2D eigenvalue weighted by Crippen LogP contribution is -2.47. The Hall–Kier alpha value is -5.12. The molecule has 7 rings (SSSR count). The monoisotopic (exact) mass is 549 g/mol. The van der Waals surface area contributed by atoms with Gasteiger partial charge < -0.3 is 14.0 Å². The smallest absolute Gasteiger partial charge is 0.355 e. The zero-order valence-electron chi connectivity index (χ0n) is 22.0. The van der Waals surface area contributed by atoms with Crippen LogP contribution < -0.4 is 5.56 Å². The number of para-hydroxylation sites is 1. The molecule has 0 saturated heterocycles. The Morgan fingerprint density at radius 3 is 2.44 bits per heavy atom. The van der Waals surface area contributed by atoms with Crippen LogP contribution >= 0.6 is 0 Å². The number of carbonyl (C=O) groups is 4. The number of rotatable bonds is 5. The fourth-order valence-electron chi connectivity index (χ4n) is 5.97. The molecule has 4 aromatic rings. The number of esters is 2. The number of aromatic nitrogens is 2. The maximum Gasteiger partial charge on any atom is 0.355 e. The van der Waals surface area contributed by atoms with Gasteiger partial charge in [0.15, 0.2) is 0 Å². The number of ether oxygens (including phenoxy) is 2. The Bertz CT molecular complexity index is 1870. The first-order valence-electron chi connectivity index (χ1n) is 13.3. The van der Waals surface area contributed by atoms with Crippen LogP contribution in [0.3, 0.4) is 0 Å². The molecule has 2 aromatic heterocycles. The minimum absolute atomic E-state index is 0.0124. The Labute approximate surface area is 233 Å². The minimum atomic E-state index is -1.86. The van der Waals surface area contributed by atoms with Crippen molar-refractivity contribution in [2.24, 2.45) is 0 Å². The van der Waals surface area contributed by atoms with Crippen molar-refractivity contribution in [3.8, 4) is 11.4 Å². The summed E-state index contributed by atoms with van der Waals surface area (Å²) in [6, 6.07) is 17.8. The molecule has 2 amide bonds. The van der Waals surface area contributed by atoms with Gasteiger partial charge in [-0.1, -0.05) is 37.3 Å². The van der Waals surface area contributed by atoms with Gasteiger partial charge in [0.2, 0.25) is 5.60 Å². The molecule has 0 N–H and O–H groups in total. The second-order valence-electron chi connectivity index (χ2n) is 10.3. The van der Waals surface area contributed by atoms with Gasteiger partial charge in [-0.3, -0.25) is 24.1 Å². The Balaban J connectivity index is 1.22. The van der Waals surface area contributed by atoms with Crippen LogP contribution in [0.1, 0.15) is 57.2 Å². The van der Waals surface area contributed by atoms with Crippen molar-refractivity contribution in [2.45, 2.75) is 38.5 Å². The molecule has 0 radical (unpaired) electrons. The largest absolute Gasteiger partial charge is 0.457 e. The molecule has 3 aliphatic rings. The number of pyridine rings is 2. The van der Waals surface area contributed by atoms with Crippen LogP contribution in [0.15, 0.2) is 65.5 Å². The summed E-state index contributed by atoms with van der Waals surface area (Å²) in [6.07, 6.45) is -0.325. The van der Waals surface area contributed by atoms with Crippen LogP contribution in [-0.2, 0) is 37.8 Å². The highest BCUT2D eigenvalue weighted by atomic mass is 16.6. The van der Waals surface area contributed by atoms with E-state index in [9.17, 15) is 24.0 Å². The zero-order chi connectivity index (χ0) is 28.5. The average molecular weight is 550 g/mol. The average Bonchev–Trinajstić information content (AvgIpc) is 3.46. The highest BCUT2D eigenvalue weighted by molar-refractivity contribution is 6.21. The van der Waals surface area contributed by atoms with Crippen molar-refractivity contribution in [1.82, 2.24) is 14.5 Å². The fourth-order valence-corrected chi connectivity index (χ4v) is 5.97. The standard InChI is InChI=1S/C31H23N3O7/c1-2-31(41-25(35)11-12-33-27(36)19-8-4-5-9-20(19)28(33)37)22-14-24-26-18(13-17-7-3-6-10-23(17)32-26)15-34(24)29(38)21(22)16-40-30(31)39/h3-10,13-14H,2,11-12,15-16H2,1H3/t31-/m0/s1. The molecule has 0 bridgehead atoms. The van der Waals surface area contributed by atoms with Crippen LogP contribution in [0, 0.1) is 0 Å². The first-order valence-corrected chi connectivity index (χ1v) is 13.3. The van der Waals surface area contributed by atoms with Crippen molar-refractivity contribution >= 4 is 34.7 Å². The van der Waals surface area contributed by atoms with E-state index in [4.69, 9.17) is 14.5 Å². The highest BCUT2D eigenvalue weighted by Crippen LogP contribution is 2.41. The number of hydrogen-bond donors (Lipinski definition) is 0. The van der Waals surface area contributed by atoms with E-state index in [1.165, 1.54) is 0 Å². The molecular formula is C31H23N3O7. The molecule has 5 heterocycles. The number of cyclic esters (lactones) is 1. The summed E-state index contributed by atoms with van der Waals surface area (Å²) in [7, 11) is 0. The third kappa shape index (κ3) is 3.56. The first kappa shape index (κ1) is 24.9. The number of fused-ring (bicyclic) bond motifs is 6. The first-order chi connectivity index (χ1) is 19.8. The molecule has 0 fully saturated rings. The summed E-state index contributed by atoms with van der Waals surface area (Å²) < 4.78 is 12.8. The predicted molar refractivity (Wildman–Crippen MR) is 145 cm³/mol. The number of amides is 2. The summed E-state index contributed by atoms with van der Waals surface area (Å²) in [6.45, 7) is 1.53. The SMILES string of the molecule is CC[C@@]1(OC(=O)CCN2C(=O)c3ccccc3C2=O)C(=O)OCc2c1cc1n(c2=O)Cc2cc3ccccc3nc2-1. The molecule has 1 atom stereocenters. The number of carbonyl (C=O) groups excluding carboxylic acids is 4. The highest BCUT2D eigenvalue weighted by Gasteiger charge is 2.50. The topological polar surface area (TPSA) is 125 Å². The van der Waals surface area contributed by atoms with Crippen LogP contribution in [0.4, 0.5) is 0 Å². The minimum Gasteiger partial charge on any atom is -0.457 e. The van der Waals surface area contributed by atoms with Gasteiger partial charge in [0.05, 0.1) is 46.6 Å². The van der Waals surface area contributed by atoms with Gasteiger partial charge in [0.1, 0.15) is 6.61 Å². The molecule has 0 unspecified atom stereocenters. The maximum atomic E-state index is 13.7. The van der Waals surface area contributed by atoms with Gasteiger partial charge in [-0.05, 0) is 36.8 Å². The number of benzene rings is 2. The van der Waals surface area contributed by atoms with E-state index < -0.39 is 29.4 Å². The quantitative estimate of drug-likeness (QED) is 0.242. The summed E-state index contributed by atoms with van der Waals surface area (Å²) in [5.41, 5.74) is 1.65. The molecule has 0 saturated carbocycles. The lowest BCUT2D eigenvalue weighted by atomic mass is 9.85. The summed E-state index contributed by atoms with van der Waals surface area (Å²) in [5.74, 6) is -2.57. The summed E-state index contributed by atoms with van der Waals surface area (Å²) >= 11 is 0. The molecule has 41 heavy (non-hydrogen) atoms. The van der Waals surface area contributed by atoms with Crippen molar-refractivity contribution in [3.63, 3.8) is 0 Å². The Morgan fingerprint density at radius 2 is 1.71 bits per heavy atom. The van der Waals surface area contributed by atoms with Gasteiger partial charge in [-0.25, -0.2) is 9.78 Å². The van der Waals surface area contributed by atoms with Crippen LogP contribution in [0.2, 0.25) is 0 Å². The molecule has 2 aromatic carbocycles. The lowest BCUT2D eigenvalue weighted by molar-refractivity contribution is -0.189. The lowest BCUT2D eigenvalue weighted by Gasteiger charge is -2.35. The van der Waals surface area contributed by atoms with E-state index >= 15 is 0 Å². The molecule has 10 heteroatoms. The van der Waals surface area contributed by atoms with E-state index in [1.807, 2.05) is 30.3 Å². The fraction of sp³-hybridized carbons (Fsp3) is 0.226. The molecule has 10 nitrogen and oxygen atoms in total. The van der Waals surface area contributed by atoms with Crippen molar-refractivity contribution in [1.29, 1.82) is 0 Å². The number of hydrogen-bond acceptors (Lipinski definition) is 8. The van der Waals surface area contributed by atoms with Crippen molar-refractivity contribution in [3.05, 3.63) is 98.8 Å². The number of imide groups is 1. The van der Waals surface area contributed by atoms with E-state index in [0.29, 0.717) is 17.9 Å². The Morgan fingerprint density at radius 1 is 1.00 bits per heavy atom. The van der Waals surface area contributed by atoms with E-state index in [1.54, 1.807) is 41.8 Å². The van der Waals surface area contributed by atoms with Crippen molar-refractivity contribution in [2.75, 3.05) is 6.54 Å². The van der Waals surface area contributed by atoms with Gasteiger partial charge in [0.25, 0.3) is 17.4 Å². The molecule has 204 valence electrons. The normalized spacial score (nSPS) is 18.6. The van der Waals surface area contributed by atoms with Gasteiger partial charge >= 0.3 is 11.9 Å². The van der Waals surface area contributed by atoms with Gasteiger partial charge in [0, 0.05) is 23.1 Å². The Kier molecular flexibility index (Phi) is 5.43. The van der Waals surface area contributed by atoms with E-state index in [0.717, 1.165) is 21.4 Å².